The molecule has 0 amide bonds. The molecule has 0 saturated heterocycles. The fraction of sp³-hybridized carbons (Fsp3) is 0.200. The third kappa shape index (κ3) is 2.93. The van der Waals surface area contributed by atoms with Crippen LogP contribution >= 0.6 is 11.6 Å². The summed E-state index contributed by atoms with van der Waals surface area (Å²) in [5.74, 6) is -1.05. The number of hydrogen-bond donors (Lipinski definition) is 0. The van der Waals surface area contributed by atoms with Crippen LogP contribution in [0, 0.1) is 12.4 Å². The molecule has 0 radical (unpaired) electrons. The van der Waals surface area contributed by atoms with Crippen molar-refractivity contribution in [3.8, 4) is 0 Å². The van der Waals surface area contributed by atoms with Crippen molar-refractivity contribution in [2.24, 2.45) is 0 Å². The standard InChI is InChI=1S/C10H7ClFNO2/c1-6(14)15-5-7-3-8(12)4-9(11)10(7)13-2/h3-4H,5H2,1H3. The maximum absolute atomic E-state index is 12.9. The number of carbonyl (C=O) groups is 1. The lowest BCUT2D eigenvalue weighted by molar-refractivity contribution is -0.142. The van der Waals surface area contributed by atoms with Crippen LogP contribution in [0.2, 0.25) is 5.02 Å². The van der Waals surface area contributed by atoms with E-state index in [1.54, 1.807) is 0 Å². The maximum atomic E-state index is 12.9. The second kappa shape index (κ2) is 4.76. The molecule has 0 atom stereocenters. The highest BCUT2D eigenvalue weighted by Crippen LogP contribution is 2.30. The minimum atomic E-state index is -0.561. The summed E-state index contributed by atoms with van der Waals surface area (Å²) in [6.07, 6.45) is 0. The number of esters is 1. The quantitative estimate of drug-likeness (QED) is 0.574. The van der Waals surface area contributed by atoms with Crippen LogP contribution in [-0.2, 0) is 16.1 Å². The molecule has 0 aliphatic carbocycles. The van der Waals surface area contributed by atoms with E-state index in [2.05, 4.69) is 9.58 Å². The molecule has 1 rings (SSSR count). The average Bonchev–Trinajstić information content (AvgIpc) is 2.13. The Balaban J connectivity index is 3.05. The van der Waals surface area contributed by atoms with Gasteiger partial charge in [-0.05, 0) is 17.7 Å². The third-order valence-corrected chi connectivity index (χ3v) is 1.94. The van der Waals surface area contributed by atoms with Crippen molar-refractivity contribution >= 4 is 23.3 Å². The molecule has 1 aromatic rings. The lowest BCUT2D eigenvalue weighted by Crippen LogP contribution is -1.99. The Morgan fingerprint density at radius 1 is 1.67 bits per heavy atom. The van der Waals surface area contributed by atoms with Gasteiger partial charge in [-0.25, -0.2) is 9.24 Å². The number of carbonyl (C=O) groups excluding carboxylic acids is 1. The average molecular weight is 228 g/mol. The molecule has 78 valence electrons. The van der Waals surface area contributed by atoms with E-state index >= 15 is 0 Å². The van der Waals surface area contributed by atoms with Crippen molar-refractivity contribution in [3.63, 3.8) is 0 Å². The highest BCUT2D eigenvalue weighted by molar-refractivity contribution is 6.33. The summed E-state index contributed by atoms with van der Waals surface area (Å²) in [5.41, 5.74) is 0.379. The summed E-state index contributed by atoms with van der Waals surface area (Å²) in [7, 11) is 0. The van der Waals surface area contributed by atoms with Gasteiger partial charge >= 0.3 is 5.97 Å². The summed E-state index contributed by atoms with van der Waals surface area (Å²) in [6, 6.07) is 2.17. The molecule has 0 saturated carbocycles. The third-order valence-electron chi connectivity index (χ3n) is 1.65. The van der Waals surface area contributed by atoms with Gasteiger partial charge in [-0.2, -0.15) is 0 Å². The van der Waals surface area contributed by atoms with E-state index in [-0.39, 0.29) is 22.9 Å². The molecule has 3 nitrogen and oxygen atoms in total. The molecular formula is C10H7ClFNO2. The largest absolute Gasteiger partial charge is 0.462 e. The molecule has 0 aliphatic heterocycles. The summed E-state index contributed by atoms with van der Waals surface area (Å²) < 4.78 is 17.6. The minimum absolute atomic E-state index is 0.0205. The van der Waals surface area contributed by atoms with Gasteiger partial charge in [0.1, 0.15) is 12.4 Å². The first-order valence-corrected chi connectivity index (χ1v) is 4.41. The Morgan fingerprint density at radius 2 is 2.33 bits per heavy atom. The van der Waals surface area contributed by atoms with E-state index in [1.807, 2.05) is 0 Å². The van der Waals surface area contributed by atoms with Crippen LogP contribution in [0.15, 0.2) is 12.1 Å². The van der Waals surface area contributed by atoms with Crippen LogP contribution in [0.1, 0.15) is 12.5 Å². The van der Waals surface area contributed by atoms with Crippen LogP contribution < -0.4 is 0 Å². The van der Waals surface area contributed by atoms with Crippen molar-refractivity contribution in [1.82, 2.24) is 0 Å². The van der Waals surface area contributed by atoms with Gasteiger partial charge in [0.25, 0.3) is 0 Å². The van der Waals surface area contributed by atoms with E-state index in [0.29, 0.717) is 0 Å². The summed E-state index contributed by atoms with van der Waals surface area (Å²) in [5, 5.41) is 0.0205. The molecule has 5 heteroatoms. The van der Waals surface area contributed by atoms with Crippen LogP contribution in [0.4, 0.5) is 10.1 Å². The molecule has 0 bridgehead atoms. The first kappa shape index (κ1) is 11.5. The monoisotopic (exact) mass is 227 g/mol. The second-order valence-corrected chi connectivity index (χ2v) is 3.19. The zero-order chi connectivity index (χ0) is 11.4. The molecule has 0 heterocycles. The fourth-order valence-corrected chi connectivity index (χ4v) is 1.30. The molecule has 0 aliphatic rings. The Labute approximate surface area is 91.2 Å². The maximum Gasteiger partial charge on any atom is 0.302 e. The number of rotatable bonds is 2. The molecule has 0 unspecified atom stereocenters. The second-order valence-electron chi connectivity index (χ2n) is 2.79. The molecule has 1 aromatic carbocycles. The van der Waals surface area contributed by atoms with Crippen LogP contribution in [-0.4, -0.2) is 5.97 Å². The molecule has 0 N–H and O–H groups in total. The van der Waals surface area contributed by atoms with Crippen molar-refractivity contribution < 1.29 is 13.9 Å². The fourth-order valence-electron chi connectivity index (χ4n) is 1.03. The molecule has 0 fully saturated rings. The number of benzene rings is 1. The molecule has 15 heavy (non-hydrogen) atoms. The van der Waals surface area contributed by atoms with Crippen molar-refractivity contribution in [3.05, 3.63) is 40.0 Å². The van der Waals surface area contributed by atoms with Gasteiger partial charge < -0.3 is 4.74 Å². The number of halogens is 2. The lowest BCUT2D eigenvalue weighted by atomic mass is 10.2. The summed E-state index contributed by atoms with van der Waals surface area (Å²) in [6.45, 7) is 7.95. The van der Waals surface area contributed by atoms with E-state index in [1.165, 1.54) is 6.92 Å². The smallest absolute Gasteiger partial charge is 0.302 e. The molecule has 0 spiro atoms. The summed E-state index contributed by atoms with van der Waals surface area (Å²) >= 11 is 5.66. The zero-order valence-corrected chi connectivity index (χ0v) is 8.64. The van der Waals surface area contributed by atoms with Crippen LogP contribution in [0.5, 0.6) is 0 Å². The van der Waals surface area contributed by atoms with E-state index in [4.69, 9.17) is 18.2 Å². The number of nitrogens with zero attached hydrogens (tertiary/aromatic N) is 1. The number of hydrogen-bond acceptors (Lipinski definition) is 2. The molecule has 0 aromatic heterocycles. The Kier molecular flexibility index (Phi) is 3.64. The normalized spacial score (nSPS) is 9.47. The van der Waals surface area contributed by atoms with Gasteiger partial charge in [-0.3, -0.25) is 4.79 Å². The minimum Gasteiger partial charge on any atom is -0.462 e. The SMILES string of the molecule is [C-]#[N+]c1c(Cl)cc(F)cc1COC(C)=O. The van der Waals surface area contributed by atoms with Gasteiger partial charge in [0.05, 0.1) is 11.6 Å². The summed E-state index contributed by atoms with van der Waals surface area (Å²) in [4.78, 5) is 13.7. The zero-order valence-electron chi connectivity index (χ0n) is 7.88. The van der Waals surface area contributed by atoms with Crippen molar-refractivity contribution in [2.75, 3.05) is 0 Å². The van der Waals surface area contributed by atoms with Gasteiger partial charge in [0, 0.05) is 6.92 Å². The lowest BCUT2D eigenvalue weighted by Gasteiger charge is -2.06. The van der Waals surface area contributed by atoms with Crippen LogP contribution in [0.25, 0.3) is 4.85 Å². The van der Waals surface area contributed by atoms with Crippen LogP contribution in [0.3, 0.4) is 0 Å². The predicted octanol–water partition coefficient (Wildman–Crippen LogP) is 3.09. The molecular weight excluding hydrogens is 221 g/mol. The van der Waals surface area contributed by atoms with Gasteiger partial charge in [0.15, 0.2) is 0 Å². The van der Waals surface area contributed by atoms with Gasteiger partial charge in [-0.1, -0.05) is 11.6 Å². The van der Waals surface area contributed by atoms with Gasteiger partial charge in [0.2, 0.25) is 5.69 Å². The topological polar surface area (TPSA) is 30.7 Å². The Morgan fingerprint density at radius 3 is 2.87 bits per heavy atom. The Hall–Kier alpha value is -1.60. The van der Waals surface area contributed by atoms with Gasteiger partial charge in [-0.15, -0.1) is 0 Å². The Bertz CT molecular complexity index is 440. The van der Waals surface area contributed by atoms with Crippen molar-refractivity contribution in [1.29, 1.82) is 0 Å². The van der Waals surface area contributed by atoms with E-state index in [0.717, 1.165) is 12.1 Å². The predicted molar refractivity (Wildman–Crippen MR) is 53.1 cm³/mol. The highest BCUT2D eigenvalue weighted by Gasteiger charge is 2.10. The van der Waals surface area contributed by atoms with Crippen molar-refractivity contribution in [2.45, 2.75) is 13.5 Å². The first-order chi connectivity index (χ1) is 7.04. The first-order valence-electron chi connectivity index (χ1n) is 4.03. The number of ether oxygens (including phenoxy) is 1. The van der Waals surface area contributed by atoms with E-state index in [9.17, 15) is 9.18 Å². The van der Waals surface area contributed by atoms with E-state index < -0.39 is 11.8 Å². The highest BCUT2D eigenvalue weighted by atomic mass is 35.5.